The van der Waals surface area contributed by atoms with Gasteiger partial charge in [0.25, 0.3) is 0 Å². The van der Waals surface area contributed by atoms with E-state index in [1.807, 2.05) is 6.92 Å². The summed E-state index contributed by atoms with van der Waals surface area (Å²) in [7, 11) is 0. The summed E-state index contributed by atoms with van der Waals surface area (Å²) >= 11 is 0. The number of aromatic nitrogens is 1. The molecule has 0 saturated heterocycles. The Bertz CT molecular complexity index is 491. The molecule has 1 aromatic heterocycles. The van der Waals surface area contributed by atoms with E-state index in [0.29, 0.717) is 5.56 Å². The molecule has 0 fully saturated rings. The predicted octanol–water partition coefficient (Wildman–Crippen LogP) is 2.61. The molecule has 0 aliphatic heterocycles. The zero-order valence-electron chi connectivity index (χ0n) is 8.61. The van der Waals surface area contributed by atoms with Gasteiger partial charge in [-0.25, -0.2) is 4.98 Å². The Kier molecular flexibility index (Phi) is 2.48. The van der Waals surface area contributed by atoms with Crippen molar-refractivity contribution >= 4 is 0 Å². The SMILES string of the molecule is Cc1ccc(O)c(-c2cc(F)ncc2O)c1. The molecule has 4 heteroatoms. The van der Waals surface area contributed by atoms with Crippen LogP contribution in [0.1, 0.15) is 5.56 Å². The number of aromatic hydroxyl groups is 2. The van der Waals surface area contributed by atoms with E-state index in [1.54, 1.807) is 12.1 Å². The fraction of sp³-hybridized carbons (Fsp3) is 0.0833. The highest BCUT2D eigenvalue weighted by molar-refractivity contribution is 5.75. The van der Waals surface area contributed by atoms with Crippen LogP contribution in [0.15, 0.2) is 30.5 Å². The van der Waals surface area contributed by atoms with Gasteiger partial charge >= 0.3 is 0 Å². The van der Waals surface area contributed by atoms with E-state index in [4.69, 9.17) is 0 Å². The van der Waals surface area contributed by atoms with Crippen molar-refractivity contribution in [1.29, 1.82) is 0 Å². The zero-order valence-corrected chi connectivity index (χ0v) is 8.61. The van der Waals surface area contributed by atoms with Gasteiger partial charge in [-0.05, 0) is 19.1 Å². The summed E-state index contributed by atoms with van der Waals surface area (Å²) < 4.78 is 13.0. The van der Waals surface area contributed by atoms with Crippen LogP contribution in [0.5, 0.6) is 11.5 Å². The summed E-state index contributed by atoms with van der Waals surface area (Å²) in [6, 6.07) is 5.99. The lowest BCUT2D eigenvalue weighted by Crippen LogP contribution is -1.87. The van der Waals surface area contributed by atoms with Gasteiger partial charge in [-0.1, -0.05) is 11.6 Å². The summed E-state index contributed by atoms with van der Waals surface area (Å²) in [6.07, 6.45) is 1.02. The Labute approximate surface area is 91.8 Å². The maximum atomic E-state index is 13.0. The molecule has 2 N–H and O–H groups in total. The summed E-state index contributed by atoms with van der Waals surface area (Å²) in [5.41, 5.74) is 1.52. The number of phenolic OH excluding ortho intramolecular Hbond substituents is 1. The number of phenols is 1. The molecular weight excluding hydrogens is 209 g/mol. The van der Waals surface area contributed by atoms with Gasteiger partial charge in [0.05, 0.1) is 6.20 Å². The third-order valence-electron chi connectivity index (χ3n) is 2.29. The molecule has 1 heterocycles. The average Bonchev–Trinajstić information content (AvgIpc) is 2.25. The van der Waals surface area contributed by atoms with Crippen LogP contribution in [-0.2, 0) is 0 Å². The summed E-state index contributed by atoms with van der Waals surface area (Å²) in [4.78, 5) is 3.32. The van der Waals surface area contributed by atoms with Crippen LogP contribution in [0.2, 0.25) is 0 Å². The molecule has 16 heavy (non-hydrogen) atoms. The quantitative estimate of drug-likeness (QED) is 0.725. The molecule has 0 spiro atoms. The first-order valence-corrected chi connectivity index (χ1v) is 4.72. The van der Waals surface area contributed by atoms with E-state index < -0.39 is 5.95 Å². The first-order chi connectivity index (χ1) is 7.58. The van der Waals surface area contributed by atoms with Gasteiger partial charge < -0.3 is 10.2 Å². The second kappa shape index (κ2) is 3.81. The third kappa shape index (κ3) is 1.82. The van der Waals surface area contributed by atoms with Gasteiger partial charge in [-0.2, -0.15) is 4.39 Å². The van der Waals surface area contributed by atoms with E-state index in [1.165, 1.54) is 6.07 Å². The van der Waals surface area contributed by atoms with Crippen LogP contribution in [0.25, 0.3) is 11.1 Å². The second-order valence-corrected chi connectivity index (χ2v) is 3.54. The van der Waals surface area contributed by atoms with Crippen LogP contribution in [0, 0.1) is 12.9 Å². The van der Waals surface area contributed by atoms with Crippen molar-refractivity contribution in [2.75, 3.05) is 0 Å². The highest BCUT2D eigenvalue weighted by atomic mass is 19.1. The zero-order chi connectivity index (χ0) is 11.7. The normalized spacial score (nSPS) is 10.4. The molecule has 3 nitrogen and oxygen atoms in total. The maximum Gasteiger partial charge on any atom is 0.213 e. The van der Waals surface area contributed by atoms with Crippen molar-refractivity contribution in [3.05, 3.63) is 42.0 Å². The summed E-state index contributed by atoms with van der Waals surface area (Å²) in [5.74, 6) is -0.873. The summed E-state index contributed by atoms with van der Waals surface area (Å²) in [5, 5.41) is 19.2. The molecule has 0 saturated carbocycles. The van der Waals surface area contributed by atoms with Crippen molar-refractivity contribution in [2.24, 2.45) is 0 Å². The number of pyridine rings is 1. The molecule has 0 aliphatic rings. The number of halogens is 1. The van der Waals surface area contributed by atoms with E-state index >= 15 is 0 Å². The first-order valence-electron chi connectivity index (χ1n) is 4.72. The van der Waals surface area contributed by atoms with Crippen LogP contribution >= 0.6 is 0 Å². The number of hydrogen-bond acceptors (Lipinski definition) is 3. The first kappa shape index (κ1) is 10.4. The smallest absolute Gasteiger partial charge is 0.213 e. The van der Waals surface area contributed by atoms with E-state index in [0.717, 1.165) is 17.8 Å². The van der Waals surface area contributed by atoms with Crippen LogP contribution in [0.4, 0.5) is 4.39 Å². The summed E-state index contributed by atoms with van der Waals surface area (Å²) in [6.45, 7) is 1.84. The Morgan fingerprint density at radius 3 is 2.50 bits per heavy atom. The van der Waals surface area contributed by atoms with Crippen molar-refractivity contribution in [1.82, 2.24) is 4.98 Å². The highest BCUT2D eigenvalue weighted by Gasteiger charge is 2.10. The number of hydrogen-bond donors (Lipinski definition) is 2. The Hall–Kier alpha value is -2.10. The van der Waals surface area contributed by atoms with Crippen LogP contribution in [-0.4, -0.2) is 15.2 Å². The Balaban J connectivity index is 2.66. The molecule has 0 unspecified atom stereocenters. The minimum Gasteiger partial charge on any atom is -0.507 e. The molecule has 0 amide bonds. The number of rotatable bonds is 1. The van der Waals surface area contributed by atoms with Crippen molar-refractivity contribution in [3.8, 4) is 22.6 Å². The number of nitrogens with zero attached hydrogens (tertiary/aromatic N) is 1. The lowest BCUT2D eigenvalue weighted by molar-refractivity contribution is 0.463. The van der Waals surface area contributed by atoms with Crippen molar-refractivity contribution < 1.29 is 14.6 Å². The molecule has 2 rings (SSSR count). The fourth-order valence-electron chi connectivity index (χ4n) is 1.50. The standard InChI is InChI=1S/C12H10FNO2/c1-7-2-3-10(15)8(4-7)9-5-12(13)14-6-11(9)16/h2-6,15-16H,1H3. The van der Waals surface area contributed by atoms with Crippen LogP contribution < -0.4 is 0 Å². The van der Waals surface area contributed by atoms with E-state index in [9.17, 15) is 14.6 Å². The molecule has 82 valence electrons. The highest BCUT2D eigenvalue weighted by Crippen LogP contribution is 2.35. The molecule has 0 bridgehead atoms. The average molecular weight is 219 g/mol. The largest absolute Gasteiger partial charge is 0.507 e. The molecule has 0 aliphatic carbocycles. The van der Waals surface area contributed by atoms with Gasteiger partial charge in [0, 0.05) is 17.2 Å². The maximum absolute atomic E-state index is 13.0. The third-order valence-corrected chi connectivity index (χ3v) is 2.29. The van der Waals surface area contributed by atoms with Gasteiger partial charge in [-0.3, -0.25) is 0 Å². The van der Waals surface area contributed by atoms with Gasteiger partial charge in [0.1, 0.15) is 11.5 Å². The van der Waals surface area contributed by atoms with Gasteiger partial charge in [0.2, 0.25) is 5.95 Å². The number of aryl methyl sites for hydroxylation is 1. The van der Waals surface area contributed by atoms with E-state index in [-0.39, 0.29) is 17.1 Å². The monoisotopic (exact) mass is 219 g/mol. The molecule has 0 radical (unpaired) electrons. The second-order valence-electron chi connectivity index (χ2n) is 3.54. The van der Waals surface area contributed by atoms with Crippen molar-refractivity contribution in [3.63, 3.8) is 0 Å². The topological polar surface area (TPSA) is 53.4 Å². The van der Waals surface area contributed by atoms with Gasteiger partial charge in [-0.15, -0.1) is 0 Å². The Morgan fingerprint density at radius 2 is 1.75 bits per heavy atom. The number of benzene rings is 1. The van der Waals surface area contributed by atoms with Crippen molar-refractivity contribution in [2.45, 2.75) is 6.92 Å². The predicted molar refractivity (Wildman–Crippen MR) is 57.7 cm³/mol. The molecule has 1 aromatic carbocycles. The van der Waals surface area contributed by atoms with E-state index in [2.05, 4.69) is 4.98 Å². The lowest BCUT2D eigenvalue weighted by Gasteiger charge is -2.07. The molecular formula is C12H10FNO2. The fourth-order valence-corrected chi connectivity index (χ4v) is 1.50. The minimum atomic E-state index is -0.700. The molecule has 0 atom stereocenters. The molecule has 2 aromatic rings. The van der Waals surface area contributed by atoms with Crippen LogP contribution in [0.3, 0.4) is 0 Å². The Morgan fingerprint density at radius 1 is 1.06 bits per heavy atom. The lowest BCUT2D eigenvalue weighted by atomic mass is 10.0. The van der Waals surface area contributed by atoms with Gasteiger partial charge in [0.15, 0.2) is 0 Å². The minimum absolute atomic E-state index is 0.00787.